The molecule has 0 N–H and O–H groups in total. The molecule has 1 nitrogen and oxygen atoms in total. The fourth-order valence-electron chi connectivity index (χ4n) is 1.60. The summed E-state index contributed by atoms with van der Waals surface area (Å²) in [5.41, 5.74) is 3.83. The van der Waals surface area contributed by atoms with Crippen LogP contribution in [0.2, 0.25) is 0 Å². The van der Waals surface area contributed by atoms with Crippen molar-refractivity contribution in [1.29, 1.82) is 0 Å². The van der Waals surface area contributed by atoms with E-state index in [9.17, 15) is 0 Å². The molecule has 0 aliphatic heterocycles. The van der Waals surface area contributed by atoms with Crippen molar-refractivity contribution in [2.24, 2.45) is 5.92 Å². The van der Waals surface area contributed by atoms with Crippen LogP contribution < -0.4 is 0 Å². The molecule has 1 atom stereocenters. The lowest BCUT2D eigenvalue weighted by Gasteiger charge is -2.09. The Morgan fingerprint density at radius 2 is 1.86 bits per heavy atom. The summed E-state index contributed by atoms with van der Waals surface area (Å²) in [6.07, 6.45) is 3.39. The van der Waals surface area contributed by atoms with Gasteiger partial charge in [-0.2, -0.15) is 0 Å². The van der Waals surface area contributed by atoms with E-state index in [1.165, 1.54) is 23.4 Å². The van der Waals surface area contributed by atoms with Crippen LogP contribution in [0.4, 0.5) is 0 Å². The molecule has 0 fully saturated rings. The summed E-state index contributed by atoms with van der Waals surface area (Å²) in [7, 11) is 0. The van der Waals surface area contributed by atoms with Crippen LogP contribution in [0.25, 0.3) is 0 Å². The molecule has 0 amide bonds. The molecule has 0 aliphatic rings. The molecule has 0 saturated carbocycles. The molecule has 1 heterocycles. The average Bonchev–Trinajstić information content (AvgIpc) is 2.16. The Balaban J connectivity index is 2.81. The van der Waals surface area contributed by atoms with Gasteiger partial charge >= 0.3 is 0 Å². The summed E-state index contributed by atoms with van der Waals surface area (Å²) in [5, 5.41) is 0. The first-order chi connectivity index (χ1) is 6.65. The van der Waals surface area contributed by atoms with E-state index in [2.05, 4.69) is 44.8 Å². The molecule has 0 aliphatic carbocycles. The van der Waals surface area contributed by atoms with Gasteiger partial charge in [0.2, 0.25) is 0 Å². The first-order valence-corrected chi connectivity index (χ1v) is 5.62. The number of nitrogens with zero attached hydrogens (tertiary/aromatic N) is 1. The molecule has 0 spiro atoms. The van der Waals surface area contributed by atoms with E-state index in [-0.39, 0.29) is 0 Å². The quantitative estimate of drug-likeness (QED) is 0.709. The van der Waals surface area contributed by atoms with E-state index in [4.69, 9.17) is 0 Å². The summed E-state index contributed by atoms with van der Waals surface area (Å²) in [6, 6.07) is 4.39. The van der Waals surface area contributed by atoms with Crippen molar-refractivity contribution in [3.63, 3.8) is 0 Å². The van der Waals surface area contributed by atoms with Crippen LogP contribution in [0.5, 0.6) is 0 Å². The van der Waals surface area contributed by atoms with E-state index in [0.717, 1.165) is 18.8 Å². The van der Waals surface area contributed by atoms with Gasteiger partial charge in [0, 0.05) is 11.4 Å². The van der Waals surface area contributed by atoms with Gasteiger partial charge in [0.15, 0.2) is 0 Å². The first kappa shape index (κ1) is 11.2. The van der Waals surface area contributed by atoms with Crippen LogP contribution >= 0.6 is 0 Å². The molecule has 0 bridgehead atoms. The Bertz CT molecular complexity index is 291. The second-order valence-corrected chi connectivity index (χ2v) is 4.20. The number of pyridine rings is 1. The zero-order chi connectivity index (χ0) is 10.6. The minimum absolute atomic E-state index is 0.744. The van der Waals surface area contributed by atoms with E-state index < -0.39 is 0 Å². The summed E-state index contributed by atoms with van der Waals surface area (Å²) in [5.74, 6) is 0.744. The highest BCUT2D eigenvalue weighted by Crippen LogP contribution is 2.12. The summed E-state index contributed by atoms with van der Waals surface area (Å²) in [4.78, 5) is 4.64. The Kier molecular flexibility index (Phi) is 4.12. The second-order valence-electron chi connectivity index (χ2n) is 4.20. The second kappa shape index (κ2) is 5.14. The maximum atomic E-state index is 4.64. The molecule has 0 aromatic carbocycles. The normalized spacial score (nSPS) is 12.9. The third-order valence-electron chi connectivity index (χ3n) is 2.69. The molecule has 1 aromatic rings. The van der Waals surface area contributed by atoms with Gasteiger partial charge in [-0.05, 0) is 43.4 Å². The van der Waals surface area contributed by atoms with Gasteiger partial charge < -0.3 is 0 Å². The molecular formula is C13H21N. The number of aryl methyl sites for hydroxylation is 2. The number of rotatable bonds is 4. The Morgan fingerprint density at radius 3 is 2.43 bits per heavy atom. The van der Waals surface area contributed by atoms with Crippen LogP contribution in [0, 0.1) is 12.8 Å². The summed E-state index contributed by atoms with van der Waals surface area (Å²) < 4.78 is 0. The SMILES string of the molecule is CCc1cc(C)cc(CC(C)CC)n1. The van der Waals surface area contributed by atoms with Crippen molar-refractivity contribution < 1.29 is 0 Å². The summed E-state index contributed by atoms with van der Waals surface area (Å²) in [6.45, 7) is 8.84. The number of hydrogen-bond donors (Lipinski definition) is 0. The predicted molar refractivity (Wildman–Crippen MR) is 61.5 cm³/mol. The first-order valence-electron chi connectivity index (χ1n) is 5.62. The van der Waals surface area contributed by atoms with Gasteiger partial charge in [-0.15, -0.1) is 0 Å². The molecule has 1 heteroatoms. The van der Waals surface area contributed by atoms with Crippen molar-refractivity contribution in [2.45, 2.75) is 47.0 Å². The van der Waals surface area contributed by atoms with Gasteiger partial charge in [0.05, 0.1) is 0 Å². The van der Waals surface area contributed by atoms with Crippen molar-refractivity contribution in [2.75, 3.05) is 0 Å². The molecule has 1 rings (SSSR count). The third kappa shape index (κ3) is 3.13. The highest BCUT2D eigenvalue weighted by atomic mass is 14.7. The van der Waals surface area contributed by atoms with Gasteiger partial charge in [-0.1, -0.05) is 27.2 Å². The van der Waals surface area contributed by atoms with Gasteiger partial charge in [0.25, 0.3) is 0 Å². The zero-order valence-corrected chi connectivity index (χ0v) is 9.80. The molecular weight excluding hydrogens is 170 g/mol. The fraction of sp³-hybridized carbons (Fsp3) is 0.615. The topological polar surface area (TPSA) is 12.9 Å². The van der Waals surface area contributed by atoms with E-state index >= 15 is 0 Å². The van der Waals surface area contributed by atoms with Crippen molar-refractivity contribution in [1.82, 2.24) is 4.98 Å². The van der Waals surface area contributed by atoms with Gasteiger partial charge in [-0.25, -0.2) is 0 Å². The lowest BCUT2D eigenvalue weighted by Crippen LogP contribution is -2.02. The van der Waals surface area contributed by atoms with Crippen LogP contribution in [0.3, 0.4) is 0 Å². The summed E-state index contributed by atoms with van der Waals surface area (Å²) >= 11 is 0. The number of aromatic nitrogens is 1. The van der Waals surface area contributed by atoms with Crippen LogP contribution in [-0.2, 0) is 12.8 Å². The Labute approximate surface area is 87.6 Å². The predicted octanol–water partition coefficient (Wildman–Crippen LogP) is 3.54. The van der Waals surface area contributed by atoms with Crippen LogP contribution in [0.1, 0.15) is 44.1 Å². The maximum Gasteiger partial charge on any atom is 0.0412 e. The average molecular weight is 191 g/mol. The smallest absolute Gasteiger partial charge is 0.0412 e. The monoisotopic (exact) mass is 191 g/mol. The van der Waals surface area contributed by atoms with E-state index in [1.54, 1.807) is 0 Å². The van der Waals surface area contributed by atoms with Crippen LogP contribution in [0.15, 0.2) is 12.1 Å². The standard InChI is InChI=1S/C13H21N/c1-5-10(3)7-13-9-11(4)8-12(6-2)14-13/h8-10H,5-7H2,1-4H3. The van der Waals surface area contributed by atoms with E-state index in [1.807, 2.05) is 0 Å². The molecule has 1 aromatic heterocycles. The third-order valence-corrected chi connectivity index (χ3v) is 2.69. The zero-order valence-electron chi connectivity index (χ0n) is 9.80. The maximum absolute atomic E-state index is 4.64. The van der Waals surface area contributed by atoms with Gasteiger partial charge in [0.1, 0.15) is 0 Å². The largest absolute Gasteiger partial charge is 0.258 e. The highest BCUT2D eigenvalue weighted by molar-refractivity contribution is 5.20. The molecule has 0 radical (unpaired) electrons. The van der Waals surface area contributed by atoms with Gasteiger partial charge in [-0.3, -0.25) is 4.98 Å². The lowest BCUT2D eigenvalue weighted by molar-refractivity contribution is 0.551. The molecule has 78 valence electrons. The Morgan fingerprint density at radius 1 is 1.21 bits per heavy atom. The number of hydrogen-bond acceptors (Lipinski definition) is 1. The minimum atomic E-state index is 0.744. The Hall–Kier alpha value is -0.850. The highest BCUT2D eigenvalue weighted by Gasteiger charge is 2.04. The van der Waals surface area contributed by atoms with Crippen LogP contribution in [-0.4, -0.2) is 4.98 Å². The van der Waals surface area contributed by atoms with Crippen molar-refractivity contribution in [3.05, 3.63) is 29.1 Å². The van der Waals surface area contributed by atoms with Crippen molar-refractivity contribution >= 4 is 0 Å². The van der Waals surface area contributed by atoms with E-state index in [0.29, 0.717) is 0 Å². The molecule has 14 heavy (non-hydrogen) atoms. The molecule has 1 unspecified atom stereocenters. The minimum Gasteiger partial charge on any atom is -0.258 e. The fourth-order valence-corrected chi connectivity index (χ4v) is 1.60. The lowest BCUT2D eigenvalue weighted by atomic mass is 10.0. The molecule has 0 saturated heterocycles. The van der Waals surface area contributed by atoms with Crippen molar-refractivity contribution in [3.8, 4) is 0 Å².